The molecule has 0 fully saturated rings. The largest absolute Gasteiger partial charge is 0.481 e. The number of hydrogen-bond donors (Lipinski definition) is 3. The van der Waals surface area contributed by atoms with E-state index in [9.17, 15) is 9.59 Å². The first-order valence-corrected chi connectivity index (χ1v) is 2.16. The first kappa shape index (κ1) is 11.6. The Labute approximate surface area is 56.0 Å². The van der Waals surface area contributed by atoms with E-state index in [1.165, 1.54) is 0 Å². The van der Waals surface area contributed by atoms with Crippen LogP contribution in [0.1, 0.15) is 6.42 Å². The van der Waals surface area contributed by atoms with Gasteiger partial charge in [0, 0.05) is 0 Å². The van der Waals surface area contributed by atoms with Crippen molar-refractivity contribution in [2.75, 3.05) is 0 Å². The molecular weight excluding hydrogens is 144 g/mol. The Hall–Kier alpha value is -1.14. The van der Waals surface area contributed by atoms with Gasteiger partial charge in [0.15, 0.2) is 6.10 Å². The molecule has 0 aromatic rings. The van der Waals surface area contributed by atoms with Gasteiger partial charge in [-0.25, -0.2) is 4.79 Å². The van der Waals surface area contributed by atoms with E-state index in [4.69, 9.17) is 15.3 Å². The van der Waals surface area contributed by atoms with Crippen LogP contribution in [0.4, 0.5) is 0 Å². The third-order valence-corrected chi connectivity index (χ3v) is 0.653. The molecule has 0 aliphatic rings. The zero-order valence-electron chi connectivity index (χ0n) is 4.94. The number of carboxylic acid groups (broad SMARTS) is 2. The Morgan fingerprint density at radius 2 is 1.70 bits per heavy atom. The summed E-state index contributed by atoms with van der Waals surface area (Å²) in [5.41, 5.74) is 0. The summed E-state index contributed by atoms with van der Waals surface area (Å²) in [5.74, 6) is -2.85. The van der Waals surface area contributed by atoms with Gasteiger partial charge in [0.1, 0.15) is 0 Å². The monoisotopic (exact) mass is 152 g/mol. The number of aliphatic hydroxyl groups excluding tert-OH is 1. The van der Waals surface area contributed by atoms with Crippen molar-refractivity contribution in [1.29, 1.82) is 0 Å². The second kappa shape index (κ2) is 4.71. The number of aliphatic hydroxyl groups is 1. The molecule has 6 heteroatoms. The van der Waals surface area contributed by atoms with Crippen molar-refractivity contribution in [1.82, 2.24) is 0 Å². The minimum Gasteiger partial charge on any atom is -0.481 e. The Morgan fingerprint density at radius 1 is 1.30 bits per heavy atom. The van der Waals surface area contributed by atoms with E-state index in [-0.39, 0.29) is 5.48 Å². The minimum absolute atomic E-state index is 0. The van der Waals surface area contributed by atoms with Gasteiger partial charge in [0.05, 0.1) is 6.42 Å². The second-order valence-electron chi connectivity index (χ2n) is 1.45. The van der Waals surface area contributed by atoms with E-state index < -0.39 is 24.5 Å². The first-order chi connectivity index (χ1) is 4.04. The van der Waals surface area contributed by atoms with Crippen LogP contribution in [0.25, 0.3) is 0 Å². The van der Waals surface area contributed by atoms with E-state index in [0.717, 1.165) is 0 Å². The molecular formula is C4H8O6. The van der Waals surface area contributed by atoms with Crippen molar-refractivity contribution in [3.8, 4) is 0 Å². The Morgan fingerprint density at radius 3 is 1.80 bits per heavy atom. The first-order valence-electron chi connectivity index (χ1n) is 2.16. The molecule has 0 saturated heterocycles. The molecule has 0 saturated carbocycles. The number of carbonyl (C=O) groups is 2. The zero-order chi connectivity index (χ0) is 7.44. The Kier molecular flexibility index (Phi) is 5.48. The van der Waals surface area contributed by atoms with Crippen LogP contribution in [0.5, 0.6) is 0 Å². The van der Waals surface area contributed by atoms with Crippen LogP contribution in [-0.4, -0.2) is 38.8 Å². The highest BCUT2D eigenvalue weighted by Gasteiger charge is 2.16. The summed E-state index contributed by atoms with van der Waals surface area (Å²) >= 11 is 0. The van der Waals surface area contributed by atoms with Gasteiger partial charge < -0.3 is 20.8 Å². The lowest BCUT2D eigenvalue weighted by atomic mass is 10.3. The molecule has 6 nitrogen and oxygen atoms in total. The summed E-state index contributed by atoms with van der Waals surface area (Å²) in [6, 6.07) is 0. The molecule has 0 unspecified atom stereocenters. The molecule has 0 rings (SSSR count). The average molecular weight is 152 g/mol. The summed E-state index contributed by atoms with van der Waals surface area (Å²) in [4.78, 5) is 19.4. The van der Waals surface area contributed by atoms with E-state index in [1.54, 1.807) is 0 Å². The summed E-state index contributed by atoms with van der Waals surface area (Å²) < 4.78 is 0. The number of rotatable bonds is 3. The molecule has 60 valence electrons. The summed E-state index contributed by atoms with van der Waals surface area (Å²) in [7, 11) is 0. The highest BCUT2D eigenvalue weighted by molar-refractivity contribution is 5.79. The van der Waals surface area contributed by atoms with Crippen LogP contribution in [0.3, 0.4) is 0 Å². The third kappa shape index (κ3) is 5.01. The van der Waals surface area contributed by atoms with Crippen LogP contribution in [-0.2, 0) is 9.59 Å². The van der Waals surface area contributed by atoms with Crippen molar-refractivity contribution in [2.24, 2.45) is 0 Å². The van der Waals surface area contributed by atoms with Gasteiger partial charge in [-0.05, 0) is 0 Å². The van der Waals surface area contributed by atoms with Crippen molar-refractivity contribution < 1.29 is 30.4 Å². The molecule has 0 spiro atoms. The van der Waals surface area contributed by atoms with Crippen molar-refractivity contribution in [3.63, 3.8) is 0 Å². The lowest BCUT2D eigenvalue weighted by Gasteiger charge is -1.97. The van der Waals surface area contributed by atoms with Gasteiger partial charge in [-0.3, -0.25) is 4.79 Å². The zero-order valence-corrected chi connectivity index (χ0v) is 4.94. The van der Waals surface area contributed by atoms with E-state index in [0.29, 0.717) is 0 Å². The highest BCUT2D eigenvalue weighted by Crippen LogP contribution is 1.89. The number of carboxylic acids is 2. The van der Waals surface area contributed by atoms with E-state index >= 15 is 0 Å². The molecule has 0 aromatic carbocycles. The lowest BCUT2D eigenvalue weighted by molar-refractivity contribution is -0.152. The molecule has 0 amide bonds. The van der Waals surface area contributed by atoms with Gasteiger partial charge in [0.2, 0.25) is 0 Å². The fraction of sp³-hybridized carbons (Fsp3) is 0.500. The quantitative estimate of drug-likeness (QED) is 0.434. The molecule has 0 heterocycles. The molecule has 0 radical (unpaired) electrons. The summed E-state index contributed by atoms with van der Waals surface area (Å²) in [5, 5.41) is 24.1. The molecule has 10 heavy (non-hydrogen) atoms. The van der Waals surface area contributed by atoms with Crippen molar-refractivity contribution >= 4 is 11.9 Å². The smallest absolute Gasteiger partial charge is 0.333 e. The maximum Gasteiger partial charge on any atom is 0.333 e. The molecule has 1 atom stereocenters. The van der Waals surface area contributed by atoms with Gasteiger partial charge in [0.25, 0.3) is 0 Å². The van der Waals surface area contributed by atoms with Gasteiger partial charge in [-0.2, -0.15) is 0 Å². The molecule has 5 N–H and O–H groups in total. The topological polar surface area (TPSA) is 126 Å². The maximum absolute atomic E-state index is 9.72. The molecule has 0 aliphatic heterocycles. The highest BCUT2D eigenvalue weighted by atomic mass is 16.4. The predicted octanol–water partition coefficient (Wildman–Crippen LogP) is -1.92. The van der Waals surface area contributed by atoms with Gasteiger partial charge in [-0.15, -0.1) is 0 Å². The predicted molar refractivity (Wildman–Crippen MR) is 29.5 cm³/mol. The standard InChI is InChI=1S/C4H6O5.H2O/c5-2(4(8)9)1-3(6)7;/h2,5H,1H2,(H,6,7)(H,8,9);1H2/t2-;/m0./s1. The van der Waals surface area contributed by atoms with Crippen LogP contribution in [0.2, 0.25) is 0 Å². The second-order valence-corrected chi connectivity index (χ2v) is 1.45. The summed E-state index contributed by atoms with van der Waals surface area (Å²) in [6.07, 6.45) is -2.54. The van der Waals surface area contributed by atoms with E-state index in [1.807, 2.05) is 0 Å². The maximum atomic E-state index is 9.72. The Bertz CT molecular complexity index is 130. The fourth-order valence-corrected chi connectivity index (χ4v) is 0.253. The van der Waals surface area contributed by atoms with Crippen LogP contribution < -0.4 is 0 Å². The van der Waals surface area contributed by atoms with E-state index in [2.05, 4.69) is 0 Å². The SMILES string of the molecule is O.O=C(O)C[C@H](O)C(=O)O. The molecule has 0 aromatic heterocycles. The van der Waals surface area contributed by atoms with Crippen LogP contribution in [0.15, 0.2) is 0 Å². The normalized spacial score (nSPS) is 11.3. The number of hydrogen-bond acceptors (Lipinski definition) is 3. The molecule has 0 aliphatic carbocycles. The van der Waals surface area contributed by atoms with Crippen LogP contribution in [0, 0.1) is 0 Å². The van der Waals surface area contributed by atoms with Crippen molar-refractivity contribution in [2.45, 2.75) is 12.5 Å². The molecule has 0 bridgehead atoms. The Balaban J connectivity index is 0. The average Bonchev–Trinajstić information content (AvgIpc) is 1.63. The third-order valence-electron chi connectivity index (χ3n) is 0.653. The van der Waals surface area contributed by atoms with Gasteiger partial charge >= 0.3 is 11.9 Å². The van der Waals surface area contributed by atoms with Gasteiger partial charge in [-0.1, -0.05) is 0 Å². The minimum atomic E-state index is -1.79. The lowest BCUT2D eigenvalue weighted by Crippen LogP contribution is -2.22. The fourth-order valence-electron chi connectivity index (χ4n) is 0.253. The van der Waals surface area contributed by atoms with Crippen LogP contribution >= 0.6 is 0 Å². The summed E-state index contributed by atoms with van der Waals surface area (Å²) in [6.45, 7) is 0. The number of aliphatic carboxylic acids is 2. The van der Waals surface area contributed by atoms with Crippen molar-refractivity contribution in [3.05, 3.63) is 0 Å².